The molecule has 2 aromatic rings. The maximum atomic E-state index is 12.5. The molecule has 3 rings (SSSR count). The minimum absolute atomic E-state index is 0.0825. The summed E-state index contributed by atoms with van der Waals surface area (Å²) in [6, 6.07) is 2.92. The summed E-state index contributed by atoms with van der Waals surface area (Å²) in [5.74, 6) is 0.455. The summed E-state index contributed by atoms with van der Waals surface area (Å²) >= 11 is 0. The van der Waals surface area contributed by atoms with Crippen molar-refractivity contribution in [3.05, 3.63) is 41.1 Å². The first kappa shape index (κ1) is 16.9. The zero-order valence-electron chi connectivity index (χ0n) is 13.9. The third-order valence-electron chi connectivity index (χ3n) is 3.91. The number of piperidine rings is 1. The predicted molar refractivity (Wildman–Crippen MR) is 87.3 cm³/mol. The van der Waals surface area contributed by atoms with Gasteiger partial charge in [0.15, 0.2) is 0 Å². The van der Waals surface area contributed by atoms with Crippen molar-refractivity contribution in [2.75, 3.05) is 20.2 Å². The van der Waals surface area contributed by atoms with E-state index in [9.17, 15) is 9.59 Å². The van der Waals surface area contributed by atoms with E-state index in [1.807, 2.05) is 0 Å². The van der Waals surface area contributed by atoms with Gasteiger partial charge in [-0.05, 0) is 18.9 Å². The SMILES string of the molecule is COc1nccnc1O[C@H]1CCCN(C(=O)Cn2ncccc2=O)C1. The van der Waals surface area contributed by atoms with E-state index >= 15 is 0 Å². The van der Waals surface area contributed by atoms with Crippen molar-refractivity contribution >= 4 is 5.91 Å². The molecule has 0 aromatic carbocycles. The number of hydrogen-bond acceptors (Lipinski definition) is 7. The molecule has 9 heteroatoms. The van der Waals surface area contributed by atoms with Crippen molar-refractivity contribution in [1.82, 2.24) is 24.6 Å². The van der Waals surface area contributed by atoms with E-state index in [1.165, 1.54) is 31.8 Å². The Balaban J connectivity index is 1.63. The van der Waals surface area contributed by atoms with Crippen LogP contribution in [-0.4, -0.2) is 56.9 Å². The van der Waals surface area contributed by atoms with Crippen molar-refractivity contribution < 1.29 is 14.3 Å². The number of ether oxygens (including phenoxy) is 2. The van der Waals surface area contributed by atoms with Crippen LogP contribution in [0.4, 0.5) is 0 Å². The van der Waals surface area contributed by atoms with Crippen LogP contribution >= 0.6 is 0 Å². The molecule has 1 saturated heterocycles. The molecule has 0 radical (unpaired) electrons. The van der Waals surface area contributed by atoms with E-state index in [4.69, 9.17) is 9.47 Å². The maximum absolute atomic E-state index is 12.5. The summed E-state index contributed by atoms with van der Waals surface area (Å²) in [5.41, 5.74) is -0.301. The lowest BCUT2D eigenvalue weighted by Crippen LogP contribution is -2.46. The predicted octanol–water partition coefficient (Wildman–Crippen LogP) is 0.112. The summed E-state index contributed by atoms with van der Waals surface area (Å²) in [4.78, 5) is 34.0. The second-order valence-electron chi connectivity index (χ2n) is 5.61. The van der Waals surface area contributed by atoms with E-state index in [2.05, 4.69) is 15.1 Å². The molecule has 1 amide bonds. The molecule has 9 nitrogen and oxygen atoms in total. The standard InChI is InChI=1S/C16H19N5O4/c1-24-15-16(18-8-7-17-15)25-12-4-3-9-20(10-12)14(23)11-21-13(22)5-2-6-19-21/h2,5-8,12H,3-4,9-11H2,1H3/t12-/m0/s1. The molecule has 0 saturated carbocycles. The van der Waals surface area contributed by atoms with Gasteiger partial charge in [-0.1, -0.05) is 0 Å². The zero-order chi connectivity index (χ0) is 17.6. The van der Waals surface area contributed by atoms with Gasteiger partial charge in [-0.3, -0.25) is 9.59 Å². The Morgan fingerprint density at radius 3 is 2.84 bits per heavy atom. The van der Waals surface area contributed by atoms with Crippen LogP contribution in [0.3, 0.4) is 0 Å². The summed E-state index contributed by atoms with van der Waals surface area (Å²) in [7, 11) is 1.50. The lowest BCUT2D eigenvalue weighted by molar-refractivity contribution is -0.134. The minimum atomic E-state index is -0.301. The summed E-state index contributed by atoms with van der Waals surface area (Å²) in [6.45, 7) is 0.957. The lowest BCUT2D eigenvalue weighted by Gasteiger charge is -2.32. The molecule has 132 valence electrons. The number of methoxy groups -OCH3 is 1. The van der Waals surface area contributed by atoms with Crippen LogP contribution in [0, 0.1) is 0 Å². The first-order valence-corrected chi connectivity index (χ1v) is 7.99. The fourth-order valence-corrected chi connectivity index (χ4v) is 2.69. The van der Waals surface area contributed by atoms with E-state index in [0.29, 0.717) is 24.8 Å². The molecule has 25 heavy (non-hydrogen) atoms. The highest BCUT2D eigenvalue weighted by Crippen LogP contribution is 2.23. The highest BCUT2D eigenvalue weighted by atomic mass is 16.5. The van der Waals surface area contributed by atoms with E-state index in [0.717, 1.165) is 17.5 Å². The summed E-state index contributed by atoms with van der Waals surface area (Å²) in [6.07, 6.45) is 5.92. The summed E-state index contributed by atoms with van der Waals surface area (Å²) < 4.78 is 12.1. The Morgan fingerprint density at radius 1 is 1.28 bits per heavy atom. The highest BCUT2D eigenvalue weighted by Gasteiger charge is 2.26. The molecule has 0 spiro atoms. The molecule has 1 aliphatic rings. The fraction of sp³-hybridized carbons (Fsp3) is 0.438. The Kier molecular flexibility index (Phi) is 5.22. The van der Waals surface area contributed by atoms with Gasteiger partial charge < -0.3 is 14.4 Å². The van der Waals surface area contributed by atoms with Crippen molar-refractivity contribution in [3.8, 4) is 11.8 Å². The molecular weight excluding hydrogens is 326 g/mol. The van der Waals surface area contributed by atoms with Crippen LogP contribution in [0.1, 0.15) is 12.8 Å². The van der Waals surface area contributed by atoms with Crippen LogP contribution < -0.4 is 15.0 Å². The Labute approximate surface area is 144 Å². The monoisotopic (exact) mass is 345 g/mol. The van der Waals surface area contributed by atoms with E-state index in [-0.39, 0.29) is 24.1 Å². The number of aromatic nitrogens is 4. The molecule has 0 unspecified atom stereocenters. The molecular formula is C16H19N5O4. The fourth-order valence-electron chi connectivity index (χ4n) is 2.69. The van der Waals surface area contributed by atoms with Gasteiger partial charge in [-0.15, -0.1) is 0 Å². The van der Waals surface area contributed by atoms with Crippen LogP contribution in [0.25, 0.3) is 0 Å². The highest BCUT2D eigenvalue weighted by molar-refractivity contribution is 5.76. The van der Waals surface area contributed by atoms with Gasteiger partial charge in [0.2, 0.25) is 5.91 Å². The quantitative estimate of drug-likeness (QED) is 0.758. The molecule has 1 atom stereocenters. The second-order valence-corrected chi connectivity index (χ2v) is 5.61. The largest absolute Gasteiger partial charge is 0.477 e. The van der Waals surface area contributed by atoms with Gasteiger partial charge in [-0.2, -0.15) is 5.10 Å². The van der Waals surface area contributed by atoms with Crippen molar-refractivity contribution in [3.63, 3.8) is 0 Å². The van der Waals surface area contributed by atoms with Crippen molar-refractivity contribution in [1.29, 1.82) is 0 Å². The van der Waals surface area contributed by atoms with Crippen molar-refractivity contribution in [2.45, 2.75) is 25.5 Å². The zero-order valence-corrected chi connectivity index (χ0v) is 13.9. The van der Waals surface area contributed by atoms with Gasteiger partial charge in [0.25, 0.3) is 17.3 Å². The third-order valence-corrected chi connectivity index (χ3v) is 3.91. The number of hydrogen-bond donors (Lipinski definition) is 0. The number of amides is 1. The Bertz CT molecular complexity index is 794. The van der Waals surface area contributed by atoms with E-state index in [1.54, 1.807) is 11.0 Å². The van der Waals surface area contributed by atoms with Crippen LogP contribution in [0.5, 0.6) is 11.8 Å². The second kappa shape index (κ2) is 7.73. The van der Waals surface area contributed by atoms with Gasteiger partial charge in [0.05, 0.1) is 13.7 Å². The topological polar surface area (TPSA) is 99.4 Å². The lowest BCUT2D eigenvalue weighted by atomic mass is 10.1. The van der Waals surface area contributed by atoms with E-state index < -0.39 is 0 Å². The molecule has 2 aromatic heterocycles. The Hall–Kier alpha value is -2.97. The molecule has 3 heterocycles. The summed E-state index contributed by atoms with van der Waals surface area (Å²) in [5, 5.41) is 3.91. The van der Waals surface area contributed by atoms with Gasteiger partial charge in [0.1, 0.15) is 12.6 Å². The van der Waals surface area contributed by atoms with Gasteiger partial charge >= 0.3 is 0 Å². The number of carbonyl (C=O) groups excluding carboxylic acids is 1. The van der Waals surface area contributed by atoms with Crippen LogP contribution in [0.2, 0.25) is 0 Å². The van der Waals surface area contributed by atoms with Crippen molar-refractivity contribution in [2.24, 2.45) is 0 Å². The average Bonchev–Trinajstić information content (AvgIpc) is 2.64. The van der Waals surface area contributed by atoms with Crippen LogP contribution in [-0.2, 0) is 11.3 Å². The first-order valence-electron chi connectivity index (χ1n) is 7.99. The molecule has 1 fully saturated rings. The maximum Gasteiger partial charge on any atom is 0.278 e. The normalized spacial score (nSPS) is 17.2. The number of nitrogens with zero attached hydrogens (tertiary/aromatic N) is 5. The van der Waals surface area contributed by atoms with Crippen LogP contribution in [0.15, 0.2) is 35.5 Å². The minimum Gasteiger partial charge on any atom is -0.477 e. The number of likely N-dealkylation sites (tertiary alicyclic amines) is 1. The van der Waals surface area contributed by atoms with Gasteiger partial charge in [-0.25, -0.2) is 14.6 Å². The molecule has 0 bridgehead atoms. The smallest absolute Gasteiger partial charge is 0.278 e. The molecule has 0 aliphatic carbocycles. The van der Waals surface area contributed by atoms with Gasteiger partial charge in [0, 0.05) is 31.2 Å². The number of carbonyl (C=O) groups is 1. The number of rotatable bonds is 5. The third kappa shape index (κ3) is 4.11. The average molecular weight is 345 g/mol. The molecule has 1 aliphatic heterocycles. The Morgan fingerprint density at radius 2 is 2.08 bits per heavy atom. The first-order chi connectivity index (χ1) is 12.2. The molecule has 0 N–H and O–H groups in total.